The Kier molecular flexibility index (Phi) is 4.76. The van der Waals surface area contributed by atoms with Gasteiger partial charge < -0.3 is 15.2 Å². The van der Waals surface area contributed by atoms with E-state index in [1.54, 1.807) is 14.2 Å². The van der Waals surface area contributed by atoms with Gasteiger partial charge in [0.1, 0.15) is 11.5 Å². The van der Waals surface area contributed by atoms with Gasteiger partial charge in [0.2, 0.25) is 5.95 Å². The lowest BCUT2D eigenvalue weighted by Crippen LogP contribution is -2.01. The minimum atomic E-state index is 0.147. The first-order chi connectivity index (χ1) is 12.0. The number of aryl methyl sites for hydroxylation is 1. The molecule has 0 aliphatic heterocycles. The molecular formula is C19H18ClN3O2. The highest BCUT2D eigenvalue weighted by Crippen LogP contribution is 2.39. The number of rotatable bonds is 4. The summed E-state index contributed by atoms with van der Waals surface area (Å²) in [5.74, 6) is 1.57. The number of aromatic nitrogens is 2. The van der Waals surface area contributed by atoms with Crippen molar-refractivity contribution in [2.75, 3.05) is 20.0 Å². The summed E-state index contributed by atoms with van der Waals surface area (Å²) in [7, 11) is 3.23. The largest absolute Gasteiger partial charge is 0.497 e. The Labute approximate surface area is 151 Å². The van der Waals surface area contributed by atoms with Crippen molar-refractivity contribution in [1.29, 1.82) is 0 Å². The van der Waals surface area contributed by atoms with Gasteiger partial charge in [-0.05, 0) is 43.3 Å². The number of benzene rings is 2. The van der Waals surface area contributed by atoms with E-state index in [-0.39, 0.29) is 5.95 Å². The smallest absolute Gasteiger partial charge is 0.221 e. The average molecular weight is 356 g/mol. The van der Waals surface area contributed by atoms with Gasteiger partial charge in [-0.3, -0.25) is 0 Å². The van der Waals surface area contributed by atoms with Crippen LogP contribution in [0.4, 0.5) is 5.95 Å². The first kappa shape index (κ1) is 17.0. The third-order valence-corrected chi connectivity index (χ3v) is 4.20. The topological polar surface area (TPSA) is 70.3 Å². The minimum Gasteiger partial charge on any atom is -0.497 e. The van der Waals surface area contributed by atoms with E-state index in [2.05, 4.69) is 9.97 Å². The van der Waals surface area contributed by atoms with Gasteiger partial charge in [0, 0.05) is 11.1 Å². The fourth-order valence-corrected chi connectivity index (χ4v) is 2.89. The van der Waals surface area contributed by atoms with Crippen LogP contribution in [0.15, 0.2) is 42.5 Å². The number of hydrogen-bond donors (Lipinski definition) is 1. The second-order valence-corrected chi connectivity index (χ2v) is 5.90. The second kappa shape index (κ2) is 6.99. The molecule has 0 fully saturated rings. The Morgan fingerprint density at radius 1 is 0.920 bits per heavy atom. The highest BCUT2D eigenvalue weighted by molar-refractivity contribution is 6.35. The van der Waals surface area contributed by atoms with Gasteiger partial charge in [0.25, 0.3) is 0 Å². The molecule has 1 aromatic heterocycles. The van der Waals surface area contributed by atoms with Gasteiger partial charge in [0.15, 0.2) is 0 Å². The fourth-order valence-electron chi connectivity index (χ4n) is 2.59. The predicted octanol–water partition coefficient (Wildman–Crippen LogP) is 4.37. The lowest BCUT2D eigenvalue weighted by Gasteiger charge is -2.13. The molecule has 1 heterocycles. The summed E-state index contributed by atoms with van der Waals surface area (Å²) >= 11 is 6.64. The SMILES string of the molecule is COc1ccc(-c2nc(N)nc(-c3cc(C)ccc3OC)c2Cl)cc1. The van der Waals surface area contributed by atoms with Crippen LogP contribution in [0.2, 0.25) is 5.02 Å². The zero-order valence-corrected chi connectivity index (χ0v) is 15.0. The van der Waals surface area contributed by atoms with Crippen LogP contribution in [0.5, 0.6) is 11.5 Å². The molecule has 2 aromatic carbocycles. The minimum absolute atomic E-state index is 0.147. The lowest BCUT2D eigenvalue weighted by atomic mass is 10.0. The van der Waals surface area contributed by atoms with E-state index < -0.39 is 0 Å². The molecule has 0 aliphatic rings. The number of methoxy groups -OCH3 is 2. The van der Waals surface area contributed by atoms with Crippen LogP contribution in [-0.4, -0.2) is 24.2 Å². The molecule has 2 N–H and O–H groups in total. The molecule has 128 valence electrons. The van der Waals surface area contributed by atoms with Crippen molar-refractivity contribution >= 4 is 17.5 Å². The zero-order valence-electron chi connectivity index (χ0n) is 14.2. The Morgan fingerprint density at radius 2 is 1.60 bits per heavy atom. The van der Waals surface area contributed by atoms with Crippen LogP contribution in [0.3, 0.4) is 0 Å². The Morgan fingerprint density at radius 3 is 2.24 bits per heavy atom. The van der Waals surface area contributed by atoms with Gasteiger partial charge in [-0.1, -0.05) is 23.2 Å². The molecule has 3 aromatic rings. The van der Waals surface area contributed by atoms with Crippen molar-refractivity contribution in [3.63, 3.8) is 0 Å². The van der Waals surface area contributed by atoms with Gasteiger partial charge in [0.05, 0.1) is 30.6 Å². The summed E-state index contributed by atoms with van der Waals surface area (Å²) in [6.07, 6.45) is 0. The number of nitrogens with two attached hydrogens (primary N) is 1. The van der Waals surface area contributed by atoms with Gasteiger partial charge in [-0.15, -0.1) is 0 Å². The van der Waals surface area contributed by atoms with Crippen LogP contribution in [0.25, 0.3) is 22.5 Å². The molecule has 3 rings (SSSR count). The standard InChI is InChI=1S/C19H18ClN3O2/c1-11-4-9-15(25-3)14(10-11)18-16(20)17(22-19(21)23-18)12-5-7-13(24-2)8-6-12/h4-10H,1-3H3,(H2,21,22,23). The maximum Gasteiger partial charge on any atom is 0.221 e. The fraction of sp³-hybridized carbons (Fsp3) is 0.158. The molecule has 0 atom stereocenters. The van der Waals surface area contributed by atoms with E-state index >= 15 is 0 Å². The predicted molar refractivity (Wildman–Crippen MR) is 100 cm³/mol. The summed E-state index contributed by atoms with van der Waals surface area (Å²) in [5, 5.41) is 0.420. The van der Waals surface area contributed by atoms with Gasteiger partial charge in [-0.25, -0.2) is 9.97 Å². The van der Waals surface area contributed by atoms with Crippen LogP contribution in [0, 0.1) is 6.92 Å². The summed E-state index contributed by atoms with van der Waals surface area (Å²) in [6, 6.07) is 13.3. The monoisotopic (exact) mass is 355 g/mol. The molecule has 0 spiro atoms. The zero-order chi connectivity index (χ0) is 18.0. The molecule has 0 bridgehead atoms. The summed E-state index contributed by atoms with van der Waals surface area (Å²) in [4.78, 5) is 8.66. The van der Waals surface area contributed by atoms with Crippen LogP contribution in [-0.2, 0) is 0 Å². The summed E-state index contributed by atoms with van der Waals surface area (Å²) < 4.78 is 10.6. The maximum absolute atomic E-state index is 6.64. The molecule has 0 unspecified atom stereocenters. The Bertz CT molecular complexity index is 911. The van der Waals surface area contributed by atoms with E-state index in [9.17, 15) is 0 Å². The van der Waals surface area contributed by atoms with Crippen LogP contribution >= 0.6 is 11.6 Å². The lowest BCUT2D eigenvalue weighted by molar-refractivity contribution is 0.415. The number of nitrogen functional groups attached to an aromatic ring is 1. The molecule has 25 heavy (non-hydrogen) atoms. The molecule has 5 nitrogen and oxygen atoms in total. The average Bonchev–Trinajstić information content (AvgIpc) is 2.63. The van der Waals surface area contributed by atoms with Gasteiger partial charge >= 0.3 is 0 Å². The van der Waals surface area contributed by atoms with E-state index in [0.29, 0.717) is 22.2 Å². The normalized spacial score (nSPS) is 10.6. The highest BCUT2D eigenvalue weighted by Gasteiger charge is 2.18. The van der Waals surface area contributed by atoms with E-state index in [1.807, 2.05) is 49.4 Å². The number of anilines is 1. The summed E-state index contributed by atoms with van der Waals surface area (Å²) in [6.45, 7) is 1.99. The molecular weight excluding hydrogens is 338 g/mol. The van der Waals surface area contributed by atoms with Gasteiger partial charge in [-0.2, -0.15) is 0 Å². The van der Waals surface area contributed by atoms with Crippen molar-refractivity contribution in [3.8, 4) is 34.0 Å². The Balaban J connectivity index is 2.20. The quantitative estimate of drug-likeness (QED) is 0.752. The third kappa shape index (κ3) is 3.37. The van der Waals surface area contributed by atoms with Crippen molar-refractivity contribution in [1.82, 2.24) is 9.97 Å². The molecule has 0 aliphatic carbocycles. The van der Waals surface area contributed by atoms with Crippen molar-refractivity contribution in [2.45, 2.75) is 6.92 Å². The van der Waals surface area contributed by atoms with Crippen LogP contribution < -0.4 is 15.2 Å². The number of halogens is 1. The highest BCUT2D eigenvalue weighted by atomic mass is 35.5. The van der Waals surface area contributed by atoms with Crippen molar-refractivity contribution in [3.05, 3.63) is 53.1 Å². The number of hydrogen-bond acceptors (Lipinski definition) is 5. The molecule has 0 radical (unpaired) electrons. The maximum atomic E-state index is 6.64. The number of nitrogens with zero attached hydrogens (tertiary/aromatic N) is 2. The second-order valence-electron chi connectivity index (χ2n) is 5.53. The first-order valence-electron chi connectivity index (χ1n) is 7.66. The molecule has 0 amide bonds. The molecule has 6 heteroatoms. The molecule has 0 saturated carbocycles. The van der Waals surface area contributed by atoms with E-state index in [4.69, 9.17) is 26.8 Å². The first-order valence-corrected chi connectivity index (χ1v) is 8.03. The Hall–Kier alpha value is -2.79. The van der Waals surface area contributed by atoms with Crippen LogP contribution in [0.1, 0.15) is 5.56 Å². The van der Waals surface area contributed by atoms with Crippen molar-refractivity contribution < 1.29 is 9.47 Å². The van der Waals surface area contributed by atoms with E-state index in [0.717, 1.165) is 22.4 Å². The third-order valence-electron chi connectivity index (χ3n) is 3.84. The summed E-state index contributed by atoms with van der Waals surface area (Å²) in [5.41, 5.74) is 9.72. The van der Waals surface area contributed by atoms with E-state index in [1.165, 1.54) is 0 Å². The number of ether oxygens (including phenoxy) is 2. The van der Waals surface area contributed by atoms with Crippen molar-refractivity contribution in [2.24, 2.45) is 0 Å². The molecule has 0 saturated heterocycles.